The fourth-order valence-electron chi connectivity index (χ4n) is 2.33. The molecule has 1 amide bonds. The Morgan fingerprint density at radius 2 is 1.75 bits per heavy atom. The van der Waals surface area contributed by atoms with Crippen LogP contribution in [0.2, 0.25) is 0 Å². The summed E-state index contributed by atoms with van der Waals surface area (Å²) in [6.07, 6.45) is 0. The van der Waals surface area contributed by atoms with Crippen molar-refractivity contribution in [3.8, 4) is 5.75 Å². The predicted molar refractivity (Wildman–Crippen MR) is 95.5 cm³/mol. The summed E-state index contributed by atoms with van der Waals surface area (Å²) in [4.78, 5) is 23.8. The highest BCUT2D eigenvalue weighted by Crippen LogP contribution is 2.27. The molecule has 2 aromatic carbocycles. The number of benzene rings is 2. The third-order valence-electron chi connectivity index (χ3n) is 3.38. The highest BCUT2D eigenvalue weighted by Gasteiger charge is 2.14. The van der Waals surface area contributed by atoms with E-state index in [0.717, 1.165) is 15.6 Å². The van der Waals surface area contributed by atoms with Crippen LogP contribution in [0, 0.1) is 13.8 Å². The van der Waals surface area contributed by atoms with E-state index < -0.39 is 5.97 Å². The van der Waals surface area contributed by atoms with Gasteiger partial charge in [-0.15, -0.1) is 0 Å². The Kier molecular flexibility index (Phi) is 5.98. The van der Waals surface area contributed by atoms with Gasteiger partial charge >= 0.3 is 5.97 Å². The first-order chi connectivity index (χ1) is 11.4. The zero-order valence-electron chi connectivity index (χ0n) is 13.7. The van der Waals surface area contributed by atoms with Crippen LogP contribution in [0.3, 0.4) is 0 Å². The smallest absolute Gasteiger partial charge is 0.339 e. The van der Waals surface area contributed by atoms with Crippen molar-refractivity contribution in [2.24, 2.45) is 0 Å². The van der Waals surface area contributed by atoms with Crippen LogP contribution in [0.15, 0.2) is 40.9 Å². The van der Waals surface area contributed by atoms with Gasteiger partial charge in [-0.25, -0.2) is 4.79 Å². The van der Waals surface area contributed by atoms with Gasteiger partial charge in [0.2, 0.25) is 0 Å². The lowest BCUT2D eigenvalue weighted by Gasteiger charge is -2.13. The van der Waals surface area contributed by atoms with Crippen LogP contribution in [0.25, 0.3) is 0 Å². The average molecular weight is 392 g/mol. The molecule has 0 heterocycles. The number of anilines is 1. The zero-order chi connectivity index (χ0) is 17.7. The van der Waals surface area contributed by atoms with Crippen molar-refractivity contribution in [3.63, 3.8) is 0 Å². The maximum atomic E-state index is 12.1. The van der Waals surface area contributed by atoms with Gasteiger partial charge < -0.3 is 14.8 Å². The van der Waals surface area contributed by atoms with E-state index in [9.17, 15) is 9.59 Å². The van der Waals surface area contributed by atoms with Crippen molar-refractivity contribution in [2.75, 3.05) is 19.0 Å². The minimum atomic E-state index is -0.508. The summed E-state index contributed by atoms with van der Waals surface area (Å²) >= 11 is 3.42. The van der Waals surface area contributed by atoms with Crippen LogP contribution in [-0.2, 0) is 9.53 Å². The van der Waals surface area contributed by atoms with Gasteiger partial charge in [-0.05, 0) is 49.2 Å². The van der Waals surface area contributed by atoms with Gasteiger partial charge in [0.05, 0.1) is 18.4 Å². The first-order valence-electron chi connectivity index (χ1n) is 7.29. The van der Waals surface area contributed by atoms with Crippen LogP contribution in [0.4, 0.5) is 5.69 Å². The Morgan fingerprint density at radius 1 is 1.12 bits per heavy atom. The topological polar surface area (TPSA) is 64.6 Å². The highest BCUT2D eigenvalue weighted by atomic mass is 79.9. The Balaban J connectivity index is 2.06. The van der Waals surface area contributed by atoms with E-state index in [0.29, 0.717) is 17.0 Å². The lowest BCUT2D eigenvalue weighted by molar-refractivity contribution is -0.118. The van der Waals surface area contributed by atoms with Crippen LogP contribution in [0.5, 0.6) is 5.75 Å². The summed E-state index contributed by atoms with van der Waals surface area (Å²) in [5.41, 5.74) is 2.56. The summed E-state index contributed by atoms with van der Waals surface area (Å²) in [6, 6.07) is 10.5. The van der Waals surface area contributed by atoms with Crippen molar-refractivity contribution >= 4 is 33.5 Å². The molecule has 0 aliphatic rings. The van der Waals surface area contributed by atoms with E-state index in [4.69, 9.17) is 9.47 Å². The van der Waals surface area contributed by atoms with E-state index in [-0.39, 0.29) is 12.5 Å². The molecule has 5 nitrogen and oxygen atoms in total. The standard InChI is InChI=1S/C18H18BrNO4/c1-11-8-13(19)9-12(2)17(11)24-10-16(21)20-15-7-5-4-6-14(15)18(22)23-3/h4-9H,10H2,1-3H3,(H,20,21). The fourth-order valence-corrected chi connectivity index (χ4v) is 3.02. The molecule has 6 heteroatoms. The third kappa shape index (κ3) is 4.35. The maximum Gasteiger partial charge on any atom is 0.339 e. The van der Waals surface area contributed by atoms with Crippen LogP contribution in [0.1, 0.15) is 21.5 Å². The van der Waals surface area contributed by atoms with E-state index in [2.05, 4.69) is 21.2 Å². The molecular weight excluding hydrogens is 374 g/mol. The second-order valence-corrected chi connectivity index (χ2v) is 6.16. The van der Waals surface area contributed by atoms with Crippen LogP contribution in [-0.4, -0.2) is 25.6 Å². The Hall–Kier alpha value is -2.34. The van der Waals surface area contributed by atoms with Gasteiger partial charge in [0.15, 0.2) is 6.61 Å². The first-order valence-corrected chi connectivity index (χ1v) is 8.08. The molecule has 2 rings (SSSR count). The molecule has 0 aromatic heterocycles. The van der Waals surface area contributed by atoms with Gasteiger partial charge in [0, 0.05) is 4.47 Å². The minimum absolute atomic E-state index is 0.154. The van der Waals surface area contributed by atoms with Crippen molar-refractivity contribution < 1.29 is 19.1 Å². The Labute approximate surface area is 149 Å². The van der Waals surface area contributed by atoms with Gasteiger partial charge in [0.1, 0.15) is 5.75 Å². The Morgan fingerprint density at radius 3 is 2.38 bits per heavy atom. The van der Waals surface area contributed by atoms with Gasteiger partial charge in [-0.1, -0.05) is 28.1 Å². The molecule has 0 bridgehead atoms. The molecule has 2 aromatic rings. The number of carbonyl (C=O) groups excluding carboxylic acids is 2. The number of carbonyl (C=O) groups is 2. The molecule has 0 atom stereocenters. The van der Waals surface area contributed by atoms with E-state index >= 15 is 0 Å². The van der Waals surface area contributed by atoms with Gasteiger partial charge in [-0.3, -0.25) is 4.79 Å². The maximum absolute atomic E-state index is 12.1. The van der Waals surface area contributed by atoms with E-state index in [1.807, 2.05) is 26.0 Å². The molecule has 126 valence electrons. The molecule has 0 aliphatic carbocycles. The fraction of sp³-hybridized carbons (Fsp3) is 0.222. The molecule has 0 saturated heterocycles. The highest BCUT2D eigenvalue weighted by molar-refractivity contribution is 9.10. The summed E-state index contributed by atoms with van der Waals surface area (Å²) < 4.78 is 11.3. The number of hydrogen-bond acceptors (Lipinski definition) is 4. The molecule has 1 N–H and O–H groups in total. The number of ether oxygens (including phenoxy) is 2. The Bertz CT molecular complexity index is 750. The first kappa shape index (κ1) is 18.0. The zero-order valence-corrected chi connectivity index (χ0v) is 15.3. The minimum Gasteiger partial charge on any atom is -0.483 e. The molecule has 0 unspecified atom stereocenters. The molecular formula is C18H18BrNO4. The molecule has 0 fully saturated rings. The number of nitrogens with one attached hydrogen (secondary N) is 1. The summed E-state index contributed by atoms with van der Waals surface area (Å²) in [6.45, 7) is 3.67. The summed E-state index contributed by atoms with van der Waals surface area (Å²) in [5, 5.41) is 2.67. The number of rotatable bonds is 5. The average Bonchev–Trinajstić information content (AvgIpc) is 2.53. The monoisotopic (exact) mass is 391 g/mol. The third-order valence-corrected chi connectivity index (χ3v) is 3.84. The second kappa shape index (κ2) is 7.97. The van der Waals surface area contributed by atoms with E-state index in [1.165, 1.54) is 7.11 Å². The van der Waals surface area contributed by atoms with Crippen molar-refractivity contribution in [3.05, 3.63) is 57.6 Å². The predicted octanol–water partition coefficient (Wildman–Crippen LogP) is 3.87. The van der Waals surface area contributed by atoms with Crippen molar-refractivity contribution in [1.82, 2.24) is 0 Å². The van der Waals surface area contributed by atoms with Crippen LogP contribution < -0.4 is 10.1 Å². The molecule has 0 spiro atoms. The SMILES string of the molecule is COC(=O)c1ccccc1NC(=O)COc1c(C)cc(Br)cc1C. The number of halogens is 1. The quantitative estimate of drug-likeness (QED) is 0.785. The molecule has 0 radical (unpaired) electrons. The number of para-hydroxylation sites is 1. The number of aryl methyl sites for hydroxylation is 2. The normalized spacial score (nSPS) is 10.2. The molecule has 0 aliphatic heterocycles. The number of esters is 1. The number of amides is 1. The largest absolute Gasteiger partial charge is 0.483 e. The lowest BCUT2D eigenvalue weighted by Crippen LogP contribution is -2.22. The lowest BCUT2D eigenvalue weighted by atomic mass is 10.1. The van der Waals surface area contributed by atoms with Gasteiger partial charge in [0.25, 0.3) is 5.91 Å². The molecule has 24 heavy (non-hydrogen) atoms. The number of methoxy groups -OCH3 is 1. The van der Waals surface area contributed by atoms with Crippen LogP contribution >= 0.6 is 15.9 Å². The summed E-state index contributed by atoms with van der Waals surface area (Å²) in [5.74, 6) is -0.186. The molecule has 0 saturated carbocycles. The second-order valence-electron chi connectivity index (χ2n) is 5.24. The summed E-state index contributed by atoms with van der Waals surface area (Å²) in [7, 11) is 1.29. The van der Waals surface area contributed by atoms with Crippen molar-refractivity contribution in [1.29, 1.82) is 0 Å². The van der Waals surface area contributed by atoms with Crippen molar-refractivity contribution in [2.45, 2.75) is 13.8 Å². The number of hydrogen-bond donors (Lipinski definition) is 1. The van der Waals surface area contributed by atoms with E-state index in [1.54, 1.807) is 24.3 Å². The van der Waals surface area contributed by atoms with Gasteiger partial charge in [-0.2, -0.15) is 0 Å².